The van der Waals surface area contributed by atoms with Gasteiger partial charge in [0.15, 0.2) is 0 Å². The van der Waals surface area contributed by atoms with Gasteiger partial charge in [0.2, 0.25) is 5.95 Å². The highest BCUT2D eigenvalue weighted by Gasteiger charge is 2.42. The van der Waals surface area contributed by atoms with Crippen molar-refractivity contribution in [3.05, 3.63) is 12.4 Å². The van der Waals surface area contributed by atoms with Crippen molar-refractivity contribution in [1.29, 1.82) is 0 Å². The highest BCUT2D eigenvalue weighted by atomic mass is 15.3. The predicted octanol–water partition coefficient (Wildman–Crippen LogP) is 0.947. The molecule has 2 aliphatic rings. The van der Waals surface area contributed by atoms with Crippen molar-refractivity contribution < 1.29 is 0 Å². The van der Waals surface area contributed by atoms with E-state index in [1.54, 1.807) is 0 Å². The summed E-state index contributed by atoms with van der Waals surface area (Å²) in [7, 11) is 0. The number of aryl methyl sites for hydroxylation is 1. The maximum Gasteiger partial charge on any atom is 0.205 e. The van der Waals surface area contributed by atoms with Gasteiger partial charge >= 0.3 is 0 Å². The fourth-order valence-electron chi connectivity index (χ4n) is 3.24. The van der Waals surface area contributed by atoms with Gasteiger partial charge in [0.1, 0.15) is 0 Å². The zero-order valence-corrected chi connectivity index (χ0v) is 10.1. The molecule has 3 rings (SSSR count). The highest BCUT2D eigenvalue weighted by molar-refractivity contribution is 5.36. The second-order valence-corrected chi connectivity index (χ2v) is 4.99. The summed E-state index contributed by atoms with van der Waals surface area (Å²) < 4.78 is 2.24. The average Bonchev–Trinajstić information content (AvgIpc) is 2.95. The van der Waals surface area contributed by atoms with Gasteiger partial charge in [0.25, 0.3) is 0 Å². The number of imidazole rings is 1. The molecule has 2 fully saturated rings. The van der Waals surface area contributed by atoms with Gasteiger partial charge in [-0.25, -0.2) is 4.98 Å². The van der Waals surface area contributed by atoms with Crippen LogP contribution in [-0.4, -0.2) is 35.2 Å². The molecule has 1 aromatic heterocycles. The number of fused-ring (bicyclic) bond motifs is 1. The van der Waals surface area contributed by atoms with Gasteiger partial charge in [-0.15, -0.1) is 0 Å². The van der Waals surface area contributed by atoms with Gasteiger partial charge in [-0.2, -0.15) is 0 Å². The molecule has 1 N–H and O–H groups in total. The van der Waals surface area contributed by atoms with Crippen LogP contribution in [0.25, 0.3) is 0 Å². The molecule has 0 amide bonds. The number of nitrogens with one attached hydrogen (secondary N) is 1. The first-order valence-electron chi connectivity index (χ1n) is 6.29. The van der Waals surface area contributed by atoms with Gasteiger partial charge in [-0.05, 0) is 25.7 Å². The number of hydrogen-bond acceptors (Lipinski definition) is 3. The molecule has 2 saturated heterocycles. The molecule has 0 bridgehead atoms. The SMILES string of the molecule is CCn1ccnc1N1CC2CNCC2C1C. The monoisotopic (exact) mass is 220 g/mol. The van der Waals surface area contributed by atoms with Crippen LogP contribution in [0.1, 0.15) is 13.8 Å². The second kappa shape index (κ2) is 3.77. The minimum absolute atomic E-state index is 0.618. The van der Waals surface area contributed by atoms with Crippen LogP contribution < -0.4 is 10.2 Å². The molecule has 0 aliphatic carbocycles. The van der Waals surface area contributed by atoms with Crippen LogP contribution in [0.2, 0.25) is 0 Å². The summed E-state index contributed by atoms with van der Waals surface area (Å²) >= 11 is 0. The number of rotatable bonds is 2. The van der Waals surface area contributed by atoms with E-state index >= 15 is 0 Å². The number of nitrogens with zero attached hydrogens (tertiary/aromatic N) is 3. The molecule has 1 aromatic rings. The molecular formula is C12H20N4. The Labute approximate surface area is 96.7 Å². The van der Waals surface area contributed by atoms with Gasteiger partial charge in [-0.3, -0.25) is 0 Å². The Morgan fingerprint density at radius 3 is 3.12 bits per heavy atom. The molecule has 88 valence electrons. The van der Waals surface area contributed by atoms with E-state index in [0.29, 0.717) is 6.04 Å². The van der Waals surface area contributed by atoms with Crippen molar-refractivity contribution in [2.75, 3.05) is 24.5 Å². The van der Waals surface area contributed by atoms with Crippen LogP contribution in [-0.2, 0) is 6.54 Å². The van der Waals surface area contributed by atoms with E-state index in [4.69, 9.17) is 0 Å². The smallest absolute Gasteiger partial charge is 0.205 e. The number of hydrogen-bond donors (Lipinski definition) is 1. The van der Waals surface area contributed by atoms with Gasteiger partial charge in [-0.1, -0.05) is 0 Å². The van der Waals surface area contributed by atoms with Crippen molar-refractivity contribution in [3.63, 3.8) is 0 Å². The lowest BCUT2D eigenvalue weighted by atomic mass is 9.95. The first kappa shape index (κ1) is 10.1. The lowest BCUT2D eigenvalue weighted by molar-refractivity contribution is 0.470. The summed E-state index contributed by atoms with van der Waals surface area (Å²) in [6.45, 7) is 9.04. The standard InChI is InChI=1S/C12H20N4/c1-3-15-5-4-14-12(15)16-8-10-6-13-7-11(10)9(16)2/h4-5,9-11,13H,3,6-8H2,1-2H3. The van der Waals surface area contributed by atoms with Crippen molar-refractivity contribution in [2.24, 2.45) is 11.8 Å². The quantitative estimate of drug-likeness (QED) is 0.805. The van der Waals surface area contributed by atoms with Crippen LogP contribution in [0.3, 0.4) is 0 Å². The van der Waals surface area contributed by atoms with Crippen LogP contribution in [0.4, 0.5) is 5.95 Å². The van der Waals surface area contributed by atoms with Crippen molar-refractivity contribution in [3.8, 4) is 0 Å². The summed E-state index contributed by atoms with van der Waals surface area (Å²) in [4.78, 5) is 7.00. The zero-order valence-electron chi connectivity index (χ0n) is 10.1. The third-order valence-corrected chi connectivity index (χ3v) is 4.23. The molecule has 0 aromatic carbocycles. The van der Waals surface area contributed by atoms with Crippen molar-refractivity contribution in [2.45, 2.75) is 26.4 Å². The summed E-state index contributed by atoms with van der Waals surface area (Å²) in [6, 6.07) is 0.618. The molecule has 0 radical (unpaired) electrons. The van der Waals surface area contributed by atoms with Crippen LogP contribution in [0, 0.1) is 11.8 Å². The lowest BCUT2D eigenvalue weighted by Crippen LogP contribution is -2.35. The van der Waals surface area contributed by atoms with Crippen LogP contribution >= 0.6 is 0 Å². The Kier molecular flexibility index (Phi) is 2.39. The topological polar surface area (TPSA) is 33.1 Å². The fourth-order valence-corrected chi connectivity index (χ4v) is 3.24. The largest absolute Gasteiger partial charge is 0.339 e. The fraction of sp³-hybridized carbons (Fsp3) is 0.750. The first-order valence-corrected chi connectivity index (χ1v) is 6.29. The van der Waals surface area contributed by atoms with Crippen LogP contribution in [0.5, 0.6) is 0 Å². The Bertz CT molecular complexity index is 373. The third-order valence-electron chi connectivity index (χ3n) is 4.23. The summed E-state index contributed by atoms with van der Waals surface area (Å²) in [5.41, 5.74) is 0. The van der Waals surface area contributed by atoms with E-state index in [1.807, 2.05) is 6.20 Å². The minimum Gasteiger partial charge on any atom is -0.339 e. The molecule has 4 nitrogen and oxygen atoms in total. The number of anilines is 1. The molecule has 3 atom stereocenters. The Morgan fingerprint density at radius 2 is 2.38 bits per heavy atom. The van der Waals surface area contributed by atoms with E-state index in [-0.39, 0.29) is 0 Å². The van der Waals surface area contributed by atoms with Crippen LogP contribution in [0.15, 0.2) is 12.4 Å². The van der Waals surface area contributed by atoms with Crippen molar-refractivity contribution >= 4 is 5.95 Å². The van der Waals surface area contributed by atoms with Gasteiger partial charge in [0, 0.05) is 44.6 Å². The van der Waals surface area contributed by atoms with E-state index in [9.17, 15) is 0 Å². The third kappa shape index (κ3) is 1.36. The van der Waals surface area contributed by atoms with E-state index in [0.717, 1.165) is 30.9 Å². The maximum absolute atomic E-state index is 4.52. The summed E-state index contributed by atoms with van der Waals surface area (Å²) in [5.74, 6) is 2.78. The lowest BCUT2D eigenvalue weighted by Gasteiger charge is -2.25. The summed E-state index contributed by atoms with van der Waals surface area (Å²) in [5, 5.41) is 3.50. The Morgan fingerprint density at radius 1 is 1.50 bits per heavy atom. The zero-order chi connectivity index (χ0) is 11.1. The molecule has 3 unspecified atom stereocenters. The van der Waals surface area contributed by atoms with E-state index in [2.05, 4.69) is 39.8 Å². The molecular weight excluding hydrogens is 200 g/mol. The van der Waals surface area contributed by atoms with E-state index in [1.165, 1.54) is 13.1 Å². The molecule has 0 saturated carbocycles. The molecule has 3 heterocycles. The second-order valence-electron chi connectivity index (χ2n) is 4.99. The highest BCUT2D eigenvalue weighted by Crippen LogP contribution is 2.34. The Balaban J connectivity index is 1.86. The molecule has 0 spiro atoms. The minimum atomic E-state index is 0.618. The molecule has 16 heavy (non-hydrogen) atoms. The average molecular weight is 220 g/mol. The van der Waals surface area contributed by atoms with Gasteiger partial charge in [0.05, 0.1) is 0 Å². The molecule has 4 heteroatoms. The maximum atomic E-state index is 4.52. The van der Waals surface area contributed by atoms with Crippen molar-refractivity contribution in [1.82, 2.24) is 14.9 Å². The summed E-state index contributed by atoms with van der Waals surface area (Å²) in [6.07, 6.45) is 3.99. The van der Waals surface area contributed by atoms with Gasteiger partial charge < -0.3 is 14.8 Å². The Hall–Kier alpha value is -1.03. The van der Waals surface area contributed by atoms with E-state index < -0.39 is 0 Å². The first-order chi connectivity index (χ1) is 7.81. The molecule has 2 aliphatic heterocycles. The predicted molar refractivity (Wildman–Crippen MR) is 64.6 cm³/mol. The normalized spacial score (nSPS) is 33.4. The number of aromatic nitrogens is 2.